The molecule has 4 aromatic rings. The van der Waals surface area contributed by atoms with Crippen LogP contribution in [0.4, 0.5) is 4.79 Å². The summed E-state index contributed by atoms with van der Waals surface area (Å²) in [6.07, 6.45) is 11.6. The lowest BCUT2D eigenvalue weighted by Gasteiger charge is -2.44. The molecule has 0 spiro atoms. The zero-order valence-electron chi connectivity index (χ0n) is 41.1. The molecule has 8 heterocycles. The number of hydrogen-bond acceptors (Lipinski definition) is 9. The molecule has 8 rings (SSSR count). The Morgan fingerprint density at radius 2 is 1.56 bits per heavy atom. The van der Waals surface area contributed by atoms with Gasteiger partial charge in [0.2, 0.25) is 0 Å². The summed E-state index contributed by atoms with van der Waals surface area (Å²) >= 11 is 0. The standard InChI is InChI=1S/C35H58BN3O4Si.C14H16BN3O2/c1-23(2)44(24(3)4,25(5)6)39-20-17-28-30(26(7)22-37-31(28)39)29(21-36-42-34(11,12)35(13,14)43-36)27-15-18-38(19-16-27)32(40)41-33(8,9)10;19-15-7-11(9-1-4-16-5-2-9)13-10-3-6-17-14(10)18-8-12(13)20-15/h17,20-25,27H,15-16,18-19H2,1-14H3;3,6-9,16,19H,1-2,4-5H2,(H,17,18)/b29-21-;. The van der Waals surface area contributed by atoms with E-state index in [9.17, 15) is 9.82 Å². The van der Waals surface area contributed by atoms with Crippen molar-refractivity contribution in [2.45, 2.75) is 156 Å². The highest BCUT2D eigenvalue weighted by atomic mass is 28.3. The van der Waals surface area contributed by atoms with Crippen molar-refractivity contribution < 1.29 is 28.5 Å². The topological polar surface area (TPSA) is 136 Å². The van der Waals surface area contributed by atoms with E-state index in [4.69, 9.17) is 23.7 Å². The molecule has 0 unspecified atom stereocenters. The van der Waals surface area contributed by atoms with Gasteiger partial charge in [0, 0.05) is 41.8 Å². The second kappa shape index (κ2) is 18.4. The minimum Gasteiger partial charge on any atom is -0.531 e. The smallest absolute Gasteiger partial charge is 0.531 e. The van der Waals surface area contributed by atoms with Crippen molar-refractivity contribution in [1.82, 2.24) is 29.4 Å². The van der Waals surface area contributed by atoms with Gasteiger partial charge in [0.05, 0.1) is 17.4 Å². The number of amides is 1. The number of H-pyrrole nitrogens is 1. The first kappa shape index (κ1) is 48.1. The summed E-state index contributed by atoms with van der Waals surface area (Å²) in [5.74, 6) is 5.46. The highest BCUT2D eigenvalue weighted by molar-refractivity contribution is 6.82. The molecule has 0 aliphatic carbocycles. The Hall–Kier alpha value is -3.88. The molecule has 0 bridgehead atoms. The van der Waals surface area contributed by atoms with Crippen LogP contribution < -0.4 is 9.97 Å². The lowest BCUT2D eigenvalue weighted by atomic mass is 9.75. The van der Waals surface area contributed by atoms with Gasteiger partial charge in [0.25, 0.3) is 0 Å². The molecule has 3 saturated heterocycles. The van der Waals surface area contributed by atoms with Crippen LogP contribution in [-0.2, 0) is 14.0 Å². The number of nitrogens with zero attached hydrogens (tertiary/aromatic N) is 4. The van der Waals surface area contributed by atoms with Crippen LogP contribution in [0.1, 0.15) is 132 Å². The van der Waals surface area contributed by atoms with E-state index in [1.807, 2.05) is 43.9 Å². The molecule has 64 heavy (non-hydrogen) atoms. The first-order valence-corrected chi connectivity index (χ1v) is 26.0. The maximum Gasteiger partial charge on any atom is 0.552 e. The fourth-order valence-electron chi connectivity index (χ4n) is 11.2. The van der Waals surface area contributed by atoms with Crippen LogP contribution >= 0.6 is 0 Å². The molecule has 4 aliphatic rings. The predicted molar refractivity (Wildman–Crippen MR) is 264 cm³/mol. The Labute approximate surface area is 383 Å². The zero-order chi connectivity index (χ0) is 46.5. The maximum atomic E-state index is 12.9. The van der Waals surface area contributed by atoms with Crippen LogP contribution in [-0.4, -0.2) is 101 Å². The number of ether oxygens (including phenoxy) is 1. The Balaban J connectivity index is 0.000000251. The van der Waals surface area contributed by atoms with Crippen molar-refractivity contribution in [3.8, 4) is 5.75 Å². The Morgan fingerprint density at radius 3 is 2.16 bits per heavy atom. The van der Waals surface area contributed by atoms with E-state index in [2.05, 4.69) is 120 Å². The molecule has 3 N–H and O–H groups in total. The number of rotatable bonds is 8. The van der Waals surface area contributed by atoms with Crippen molar-refractivity contribution in [2.75, 3.05) is 26.2 Å². The SMILES string of the molecule is Cc1cnc2c(ccn2[Si](C(C)C)(C(C)C)C(C)C)c1/C(=C\B1OC(C)(C)C(C)(C)O1)C1CCN(C(=O)OC(C)(C)C)CC1.OB1C=C(C2CCNCC2)c2c(cnc3[nH]ccc23)O1. The van der Waals surface area contributed by atoms with Gasteiger partial charge in [-0.25, -0.2) is 14.8 Å². The summed E-state index contributed by atoms with van der Waals surface area (Å²) in [7, 11) is -3.35. The zero-order valence-corrected chi connectivity index (χ0v) is 42.1. The third-order valence-electron chi connectivity index (χ3n) is 14.7. The second-order valence-corrected chi connectivity index (χ2v) is 27.2. The van der Waals surface area contributed by atoms with Gasteiger partial charge in [0.1, 0.15) is 22.6 Å². The summed E-state index contributed by atoms with van der Waals surface area (Å²) < 4.78 is 26.9. The van der Waals surface area contributed by atoms with Crippen LogP contribution in [0.15, 0.2) is 48.9 Å². The number of allylic oxidation sites excluding steroid dienone is 2. The van der Waals surface area contributed by atoms with Gasteiger partial charge in [-0.15, -0.1) is 0 Å². The molecular formula is C49H74B2N6O6Si. The van der Waals surface area contributed by atoms with Gasteiger partial charge < -0.3 is 43.2 Å². The molecule has 15 heteroatoms. The number of hydrogen-bond donors (Lipinski definition) is 3. The molecule has 346 valence electrons. The van der Waals surface area contributed by atoms with E-state index >= 15 is 0 Å². The van der Waals surface area contributed by atoms with Crippen molar-refractivity contribution in [1.29, 1.82) is 0 Å². The van der Waals surface area contributed by atoms with Crippen molar-refractivity contribution in [3.63, 3.8) is 0 Å². The van der Waals surface area contributed by atoms with Gasteiger partial charge in [-0.05, 0) is 169 Å². The molecule has 3 fully saturated rings. The van der Waals surface area contributed by atoms with E-state index in [1.54, 1.807) is 6.20 Å². The van der Waals surface area contributed by atoms with Gasteiger partial charge in [0.15, 0.2) is 8.24 Å². The van der Waals surface area contributed by atoms with E-state index in [-0.39, 0.29) is 12.0 Å². The molecule has 4 aromatic heterocycles. The average molecular weight is 893 g/mol. The van der Waals surface area contributed by atoms with Crippen molar-refractivity contribution >= 4 is 61.8 Å². The quantitative estimate of drug-likeness (QED) is 0.148. The summed E-state index contributed by atoms with van der Waals surface area (Å²) in [4.78, 5) is 27.4. The predicted octanol–water partition coefficient (Wildman–Crippen LogP) is 10.4. The third-order valence-corrected chi connectivity index (χ3v) is 21.5. The number of likely N-dealkylation sites (tertiary alicyclic amines) is 1. The number of aromatic nitrogens is 4. The van der Waals surface area contributed by atoms with E-state index in [0.717, 1.165) is 66.6 Å². The lowest BCUT2D eigenvalue weighted by Crippen LogP contribution is -2.51. The number of aryl methyl sites for hydroxylation is 1. The summed E-state index contributed by atoms with van der Waals surface area (Å²) in [6.45, 7) is 34.1. The number of nitrogens with one attached hydrogen (secondary N) is 2. The fraction of sp³-hybridized carbons (Fsp3) is 0.612. The number of carbonyl (C=O) groups excluding carboxylic acids is 1. The molecule has 1 amide bonds. The molecule has 0 aromatic carbocycles. The minimum absolute atomic E-state index is 0.232. The van der Waals surface area contributed by atoms with E-state index in [1.165, 1.54) is 22.1 Å². The highest BCUT2D eigenvalue weighted by Crippen LogP contribution is 2.47. The summed E-state index contributed by atoms with van der Waals surface area (Å²) in [5.41, 5.74) is 8.17. The fourth-order valence-corrected chi connectivity index (χ4v) is 17.7. The third kappa shape index (κ3) is 9.26. The summed E-state index contributed by atoms with van der Waals surface area (Å²) in [6, 6.07) is 4.32. The number of pyridine rings is 2. The lowest BCUT2D eigenvalue weighted by molar-refractivity contribution is 0.00578. The summed E-state index contributed by atoms with van der Waals surface area (Å²) in [5, 5.41) is 15.6. The molecule has 4 aliphatic heterocycles. The highest BCUT2D eigenvalue weighted by Gasteiger charge is 2.51. The molecule has 0 atom stereocenters. The Kier molecular flexibility index (Phi) is 13.8. The van der Waals surface area contributed by atoms with Gasteiger partial charge in [-0.3, -0.25) is 0 Å². The van der Waals surface area contributed by atoms with Gasteiger partial charge >= 0.3 is 20.3 Å². The van der Waals surface area contributed by atoms with Crippen LogP contribution in [0.3, 0.4) is 0 Å². The Morgan fingerprint density at radius 1 is 0.938 bits per heavy atom. The van der Waals surface area contributed by atoms with Crippen LogP contribution in [0.2, 0.25) is 16.6 Å². The van der Waals surface area contributed by atoms with Gasteiger partial charge in [-0.1, -0.05) is 47.5 Å². The number of fused-ring (bicyclic) bond motifs is 4. The van der Waals surface area contributed by atoms with Gasteiger partial charge in [-0.2, -0.15) is 0 Å². The largest absolute Gasteiger partial charge is 0.552 e. The monoisotopic (exact) mass is 893 g/mol. The van der Waals surface area contributed by atoms with Crippen molar-refractivity contribution in [2.24, 2.45) is 11.8 Å². The average Bonchev–Trinajstić information content (AvgIpc) is 3.92. The Bertz CT molecular complexity index is 2330. The van der Waals surface area contributed by atoms with E-state index in [0.29, 0.717) is 41.4 Å². The maximum absolute atomic E-state index is 12.9. The second-order valence-electron chi connectivity index (χ2n) is 21.5. The first-order valence-electron chi connectivity index (χ1n) is 23.8. The molecule has 0 radical (unpaired) electrons. The van der Waals surface area contributed by atoms with Crippen molar-refractivity contribution in [3.05, 3.63) is 65.6 Å². The van der Waals surface area contributed by atoms with Crippen LogP contribution in [0, 0.1) is 18.8 Å². The number of aromatic amines is 1. The first-order chi connectivity index (χ1) is 30.1. The number of piperidine rings is 2. The van der Waals surface area contributed by atoms with Crippen LogP contribution in [0.5, 0.6) is 5.75 Å². The number of carbonyl (C=O) groups is 1. The van der Waals surface area contributed by atoms with Crippen LogP contribution in [0.25, 0.3) is 33.2 Å². The molecule has 12 nitrogen and oxygen atoms in total. The molecule has 0 saturated carbocycles. The van der Waals surface area contributed by atoms with E-state index < -0.39 is 39.3 Å². The molecular weight excluding hydrogens is 818 g/mol. The normalized spacial score (nSPS) is 19.9. The minimum atomic E-state index is -2.02.